The molecule has 0 spiro atoms. The molecule has 2 atom stereocenters. The number of imide groups is 1. The third-order valence-electron chi connectivity index (χ3n) is 5.19. The van der Waals surface area contributed by atoms with Crippen molar-refractivity contribution >= 4 is 17.5 Å². The van der Waals surface area contributed by atoms with Gasteiger partial charge in [0.15, 0.2) is 6.04 Å². The van der Waals surface area contributed by atoms with Crippen molar-refractivity contribution in [1.82, 2.24) is 0 Å². The zero-order valence-corrected chi connectivity index (χ0v) is 13.3. The highest BCUT2D eigenvalue weighted by Crippen LogP contribution is 2.21. The van der Waals surface area contributed by atoms with Crippen molar-refractivity contribution in [3.05, 3.63) is 30.3 Å². The normalized spacial score (nSPS) is 30.6. The van der Waals surface area contributed by atoms with Gasteiger partial charge in [-0.25, -0.2) is 4.90 Å². The number of quaternary nitrogens is 2. The van der Waals surface area contributed by atoms with Crippen molar-refractivity contribution in [1.29, 1.82) is 0 Å². The van der Waals surface area contributed by atoms with E-state index < -0.39 is 0 Å². The van der Waals surface area contributed by atoms with Gasteiger partial charge < -0.3 is 9.80 Å². The summed E-state index contributed by atoms with van der Waals surface area (Å²) in [6, 6.07) is 9.53. The van der Waals surface area contributed by atoms with Crippen LogP contribution >= 0.6 is 0 Å². The summed E-state index contributed by atoms with van der Waals surface area (Å²) in [7, 11) is 4.29. The van der Waals surface area contributed by atoms with E-state index in [0.717, 1.165) is 25.9 Å². The van der Waals surface area contributed by atoms with E-state index in [-0.39, 0.29) is 17.9 Å². The van der Waals surface area contributed by atoms with E-state index in [0.29, 0.717) is 18.2 Å². The van der Waals surface area contributed by atoms with Crippen LogP contribution in [0.2, 0.25) is 0 Å². The maximum absolute atomic E-state index is 12.7. The zero-order chi connectivity index (χ0) is 15.7. The van der Waals surface area contributed by atoms with Gasteiger partial charge in [0.25, 0.3) is 5.91 Å². The Morgan fingerprint density at radius 2 is 1.77 bits per heavy atom. The third kappa shape index (κ3) is 2.78. The van der Waals surface area contributed by atoms with Gasteiger partial charge in [-0.05, 0) is 12.1 Å². The number of piperidine rings is 1. The second kappa shape index (κ2) is 6.18. The molecule has 2 N–H and O–H groups in total. The lowest BCUT2D eigenvalue weighted by Crippen LogP contribution is -3.21. The van der Waals surface area contributed by atoms with E-state index in [1.54, 1.807) is 4.90 Å². The van der Waals surface area contributed by atoms with Gasteiger partial charge in [-0.2, -0.15) is 0 Å². The van der Waals surface area contributed by atoms with E-state index in [1.807, 2.05) is 30.3 Å². The first-order valence-electron chi connectivity index (χ1n) is 8.14. The highest BCUT2D eigenvalue weighted by Gasteiger charge is 2.46. The van der Waals surface area contributed by atoms with E-state index in [2.05, 4.69) is 14.1 Å². The van der Waals surface area contributed by atoms with Crippen LogP contribution in [-0.4, -0.2) is 51.1 Å². The number of nitrogens with zero attached hydrogens (tertiary/aromatic N) is 1. The summed E-state index contributed by atoms with van der Waals surface area (Å²) in [5, 5.41) is 0. The Balaban J connectivity index is 1.73. The monoisotopic (exact) mass is 303 g/mol. The molecule has 0 aromatic heterocycles. The van der Waals surface area contributed by atoms with Crippen LogP contribution in [0.3, 0.4) is 0 Å². The molecule has 1 aromatic rings. The second-order valence-corrected chi connectivity index (χ2v) is 6.64. The number of anilines is 1. The van der Waals surface area contributed by atoms with Gasteiger partial charge in [-0.3, -0.25) is 9.59 Å². The molecule has 2 fully saturated rings. The van der Waals surface area contributed by atoms with Crippen molar-refractivity contribution in [2.45, 2.75) is 31.3 Å². The van der Waals surface area contributed by atoms with Gasteiger partial charge in [0.05, 0.1) is 45.3 Å². The van der Waals surface area contributed by atoms with Crippen molar-refractivity contribution in [2.75, 3.05) is 32.1 Å². The number of amides is 2. The molecule has 2 amide bonds. The molecule has 0 aliphatic carbocycles. The lowest BCUT2D eigenvalue weighted by atomic mass is 10.0. The van der Waals surface area contributed by atoms with E-state index in [9.17, 15) is 9.59 Å². The molecule has 2 aliphatic rings. The van der Waals surface area contributed by atoms with E-state index in [1.165, 1.54) is 9.80 Å². The van der Waals surface area contributed by atoms with Gasteiger partial charge in [-0.1, -0.05) is 18.2 Å². The predicted molar refractivity (Wildman–Crippen MR) is 83.9 cm³/mol. The molecule has 2 unspecified atom stereocenters. The lowest BCUT2D eigenvalue weighted by Gasteiger charge is -2.33. The molecule has 5 heteroatoms. The summed E-state index contributed by atoms with van der Waals surface area (Å²) in [4.78, 5) is 29.2. The fourth-order valence-corrected chi connectivity index (χ4v) is 3.69. The molecule has 5 nitrogen and oxygen atoms in total. The van der Waals surface area contributed by atoms with Gasteiger partial charge >= 0.3 is 0 Å². The average molecular weight is 303 g/mol. The molecule has 2 heterocycles. The van der Waals surface area contributed by atoms with E-state index >= 15 is 0 Å². The maximum atomic E-state index is 12.7. The number of nitrogens with one attached hydrogen (secondary N) is 2. The number of likely N-dealkylation sites (N-methyl/N-ethyl adjacent to an activating group) is 1. The maximum Gasteiger partial charge on any atom is 0.292 e. The van der Waals surface area contributed by atoms with Crippen molar-refractivity contribution < 1.29 is 19.4 Å². The Morgan fingerprint density at radius 1 is 1.14 bits per heavy atom. The van der Waals surface area contributed by atoms with Crippen molar-refractivity contribution in [3.63, 3.8) is 0 Å². The van der Waals surface area contributed by atoms with Crippen LogP contribution in [-0.2, 0) is 9.59 Å². The first-order valence-corrected chi connectivity index (χ1v) is 8.14. The second-order valence-electron chi connectivity index (χ2n) is 6.64. The summed E-state index contributed by atoms with van der Waals surface area (Å²) in [5.74, 6) is -0.112. The summed E-state index contributed by atoms with van der Waals surface area (Å²) in [6.07, 6.45) is 2.58. The molecule has 0 radical (unpaired) electrons. The van der Waals surface area contributed by atoms with Crippen LogP contribution in [0, 0.1) is 0 Å². The molecular formula is C17H25N3O2+2. The number of carbonyl (C=O) groups is 2. The molecule has 0 saturated carbocycles. The summed E-state index contributed by atoms with van der Waals surface area (Å²) in [6.45, 7) is 2.30. The Kier molecular flexibility index (Phi) is 4.27. The minimum absolute atomic E-state index is 0.0417. The fraction of sp³-hybridized carbons (Fsp3) is 0.529. The Labute approximate surface area is 131 Å². The third-order valence-corrected chi connectivity index (χ3v) is 5.19. The Bertz CT molecular complexity index is 552. The topological polar surface area (TPSA) is 46.3 Å². The van der Waals surface area contributed by atoms with Gasteiger partial charge in [-0.15, -0.1) is 0 Å². The quantitative estimate of drug-likeness (QED) is 0.669. The number of carbonyl (C=O) groups excluding carboxylic acids is 2. The highest BCUT2D eigenvalue weighted by molar-refractivity contribution is 6.21. The summed E-state index contributed by atoms with van der Waals surface area (Å²) in [5.41, 5.74) is 0.695. The van der Waals surface area contributed by atoms with Crippen molar-refractivity contribution in [2.24, 2.45) is 0 Å². The largest absolute Gasteiger partial charge is 0.337 e. The van der Waals surface area contributed by atoms with Gasteiger partial charge in [0.2, 0.25) is 5.91 Å². The summed E-state index contributed by atoms with van der Waals surface area (Å²) >= 11 is 0. The molecule has 0 bridgehead atoms. The average Bonchev–Trinajstić information content (AvgIpc) is 2.83. The van der Waals surface area contributed by atoms with Crippen LogP contribution in [0.15, 0.2) is 30.3 Å². The highest BCUT2D eigenvalue weighted by atomic mass is 16.2. The Hall–Kier alpha value is -1.72. The first-order chi connectivity index (χ1) is 10.6. The molecule has 1 aromatic carbocycles. The number of benzene rings is 1. The first kappa shape index (κ1) is 15.2. The summed E-state index contributed by atoms with van der Waals surface area (Å²) < 4.78 is 0. The minimum atomic E-state index is -0.226. The van der Waals surface area contributed by atoms with Crippen molar-refractivity contribution in [3.8, 4) is 0 Å². The molecule has 118 valence electrons. The van der Waals surface area contributed by atoms with Crippen LogP contribution in [0.25, 0.3) is 0 Å². The molecule has 3 rings (SSSR count). The SMILES string of the molecule is C[NH+]1CCC([NH+](C)C2CC(=O)N(c3ccccc3)C2=O)CC1. The van der Waals surface area contributed by atoms with Crippen LogP contribution in [0.1, 0.15) is 19.3 Å². The fourth-order valence-electron chi connectivity index (χ4n) is 3.69. The zero-order valence-electron chi connectivity index (χ0n) is 13.3. The lowest BCUT2D eigenvalue weighted by molar-refractivity contribution is -0.948. The number of para-hydroxylation sites is 1. The predicted octanol–water partition coefficient (Wildman–Crippen LogP) is -1.49. The smallest absolute Gasteiger partial charge is 0.292 e. The number of likely N-dealkylation sites (tertiary alicyclic amines) is 1. The minimum Gasteiger partial charge on any atom is -0.337 e. The van der Waals surface area contributed by atoms with E-state index in [4.69, 9.17) is 0 Å². The molecule has 2 aliphatic heterocycles. The molecule has 2 saturated heterocycles. The standard InChI is InChI=1S/C17H23N3O2/c1-18-10-8-13(9-11-18)19(2)15-12-16(21)20(17(15)22)14-6-4-3-5-7-14/h3-7,13,15H,8-12H2,1-2H3/p+2. The molecule has 22 heavy (non-hydrogen) atoms. The number of hydrogen-bond acceptors (Lipinski definition) is 2. The van der Waals surface area contributed by atoms with Gasteiger partial charge in [0.1, 0.15) is 0 Å². The number of rotatable bonds is 3. The Morgan fingerprint density at radius 3 is 2.41 bits per heavy atom. The van der Waals surface area contributed by atoms with Crippen LogP contribution < -0.4 is 14.7 Å². The van der Waals surface area contributed by atoms with Crippen LogP contribution in [0.5, 0.6) is 0 Å². The molecular weight excluding hydrogens is 278 g/mol. The number of hydrogen-bond donors (Lipinski definition) is 2. The van der Waals surface area contributed by atoms with Crippen LogP contribution in [0.4, 0.5) is 5.69 Å². The van der Waals surface area contributed by atoms with Gasteiger partial charge in [0, 0.05) is 12.8 Å².